The van der Waals surface area contributed by atoms with E-state index in [0.717, 1.165) is 26.1 Å². The smallest absolute Gasteiger partial charge is 0.202 e. The number of rotatable bonds is 2. The van der Waals surface area contributed by atoms with E-state index in [9.17, 15) is 4.79 Å². The molecule has 2 heterocycles. The number of carbonyl (C=O) groups excluding carboxylic acids is 1. The van der Waals surface area contributed by atoms with Crippen LogP contribution in [0.1, 0.15) is 20.8 Å². The molecule has 0 unspecified atom stereocenters. The molecule has 0 spiro atoms. The second-order valence-corrected chi connectivity index (χ2v) is 5.26. The van der Waals surface area contributed by atoms with Crippen LogP contribution in [0.3, 0.4) is 0 Å². The Kier molecular flexibility index (Phi) is 2.68. The summed E-state index contributed by atoms with van der Waals surface area (Å²) < 4.78 is 1.06. The summed E-state index contributed by atoms with van der Waals surface area (Å²) in [4.78, 5) is 17.2. The molecule has 0 fully saturated rings. The summed E-state index contributed by atoms with van der Waals surface area (Å²) in [5.41, 5.74) is 1.84. The Hall–Kier alpha value is -2.00. The Bertz CT molecular complexity index is 716. The molecule has 0 saturated heterocycles. The van der Waals surface area contributed by atoms with Crippen molar-refractivity contribution in [3.63, 3.8) is 0 Å². The highest BCUT2D eigenvalue weighted by Crippen LogP contribution is 2.28. The number of hydrogen-bond acceptors (Lipinski definition) is 3. The number of hydrogen-bond donors (Lipinski definition) is 0. The van der Waals surface area contributed by atoms with E-state index in [0.29, 0.717) is 0 Å². The number of ketones is 1. The molecule has 0 atom stereocenters. The van der Waals surface area contributed by atoms with E-state index >= 15 is 0 Å². The predicted octanol–water partition coefficient (Wildman–Crippen LogP) is 3.84. The van der Waals surface area contributed by atoms with E-state index in [-0.39, 0.29) is 5.78 Å². The molecule has 18 heavy (non-hydrogen) atoms. The molecular formula is C15H11NOS. The lowest BCUT2D eigenvalue weighted by Gasteiger charge is -1.95. The second-order valence-electron chi connectivity index (χ2n) is 4.17. The van der Waals surface area contributed by atoms with Crippen LogP contribution in [0, 0.1) is 6.92 Å². The maximum Gasteiger partial charge on any atom is 0.202 e. The molecule has 3 aromatic rings. The number of benzene rings is 1. The van der Waals surface area contributed by atoms with Crippen LogP contribution in [0.2, 0.25) is 0 Å². The highest BCUT2D eigenvalue weighted by atomic mass is 32.1. The average Bonchev–Trinajstić information content (AvgIpc) is 2.84. The maximum atomic E-state index is 12.3. The zero-order valence-corrected chi connectivity index (χ0v) is 10.7. The number of carbonyl (C=O) groups is 1. The van der Waals surface area contributed by atoms with Crippen LogP contribution in [0.25, 0.3) is 10.1 Å². The highest BCUT2D eigenvalue weighted by Gasteiger charge is 2.13. The quantitative estimate of drug-likeness (QED) is 0.649. The first-order valence-corrected chi connectivity index (χ1v) is 6.51. The molecule has 0 N–H and O–H groups in total. The number of fused-ring (bicyclic) bond motifs is 1. The van der Waals surface area contributed by atoms with Gasteiger partial charge in [0.25, 0.3) is 0 Å². The molecule has 0 aliphatic carbocycles. The summed E-state index contributed by atoms with van der Waals surface area (Å²) in [6, 6.07) is 11.3. The standard InChI is InChI=1S/C15H11NOS/c1-10-8-16-9-14-12(10)7-13(18-14)15(17)11-5-3-2-4-6-11/h2-9H,1H3. The van der Waals surface area contributed by atoms with Crippen LogP contribution in [-0.4, -0.2) is 10.8 Å². The van der Waals surface area contributed by atoms with Crippen molar-refractivity contribution in [3.05, 3.63) is 64.8 Å². The summed E-state index contributed by atoms with van der Waals surface area (Å²) in [6.45, 7) is 2.01. The maximum absolute atomic E-state index is 12.3. The molecule has 0 bridgehead atoms. The van der Waals surface area contributed by atoms with Crippen LogP contribution in [-0.2, 0) is 0 Å². The number of thiophene rings is 1. The van der Waals surface area contributed by atoms with Gasteiger partial charge in [-0.1, -0.05) is 30.3 Å². The van der Waals surface area contributed by atoms with Crippen LogP contribution >= 0.6 is 11.3 Å². The van der Waals surface area contributed by atoms with Gasteiger partial charge in [-0.25, -0.2) is 0 Å². The molecule has 3 heteroatoms. The monoisotopic (exact) mass is 253 g/mol. The van der Waals surface area contributed by atoms with Crippen molar-refractivity contribution < 1.29 is 4.79 Å². The Morgan fingerprint density at radius 3 is 2.67 bits per heavy atom. The van der Waals surface area contributed by atoms with Gasteiger partial charge in [0.05, 0.1) is 9.58 Å². The van der Waals surface area contributed by atoms with E-state index in [1.54, 1.807) is 0 Å². The van der Waals surface area contributed by atoms with Crippen molar-refractivity contribution in [3.8, 4) is 0 Å². The summed E-state index contributed by atoms with van der Waals surface area (Å²) in [7, 11) is 0. The molecule has 0 aliphatic rings. The van der Waals surface area contributed by atoms with E-state index in [2.05, 4.69) is 4.98 Å². The third-order valence-electron chi connectivity index (χ3n) is 2.91. The first-order chi connectivity index (χ1) is 8.75. The lowest BCUT2D eigenvalue weighted by atomic mass is 10.1. The molecule has 0 amide bonds. The normalized spacial score (nSPS) is 10.7. The molecule has 0 aliphatic heterocycles. The first-order valence-electron chi connectivity index (χ1n) is 5.69. The SMILES string of the molecule is Cc1cncc2sc(C(=O)c3ccccc3)cc12. The van der Waals surface area contributed by atoms with E-state index in [4.69, 9.17) is 0 Å². The lowest BCUT2D eigenvalue weighted by molar-refractivity contribution is 0.104. The Labute approximate surface area is 109 Å². The third-order valence-corrected chi connectivity index (χ3v) is 3.97. The van der Waals surface area contributed by atoms with Crippen LogP contribution in [0.4, 0.5) is 0 Å². The van der Waals surface area contributed by atoms with Gasteiger partial charge in [-0.2, -0.15) is 0 Å². The minimum atomic E-state index is 0.0798. The van der Waals surface area contributed by atoms with Crippen molar-refractivity contribution in [2.75, 3.05) is 0 Å². The fourth-order valence-corrected chi connectivity index (χ4v) is 3.01. The molecule has 1 aromatic carbocycles. The summed E-state index contributed by atoms with van der Waals surface area (Å²) in [5.74, 6) is 0.0798. The van der Waals surface area contributed by atoms with Gasteiger partial charge in [0, 0.05) is 18.0 Å². The number of pyridine rings is 1. The van der Waals surface area contributed by atoms with Crippen molar-refractivity contribution in [2.24, 2.45) is 0 Å². The average molecular weight is 253 g/mol. The zero-order chi connectivity index (χ0) is 12.5. The number of aromatic nitrogens is 1. The molecule has 3 rings (SSSR count). The highest BCUT2D eigenvalue weighted by molar-refractivity contribution is 7.21. The van der Waals surface area contributed by atoms with Crippen LogP contribution in [0.5, 0.6) is 0 Å². The Balaban J connectivity index is 2.10. The first kappa shape index (κ1) is 11.1. The molecule has 88 valence electrons. The molecule has 0 radical (unpaired) electrons. The summed E-state index contributed by atoms with van der Waals surface area (Å²) >= 11 is 1.50. The number of nitrogens with zero attached hydrogens (tertiary/aromatic N) is 1. The topological polar surface area (TPSA) is 30.0 Å². The summed E-state index contributed by atoms with van der Waals surface area (Å²) in [6.07, 6.45) is 3.64. The minimum Gasteiger partial charge on any atom is -0.288 e. The van der Waals surface area contributed by atoms with E-state index in [1.807, 2.05) is 55.7 Å². The fraction of sp³-hybridized carbons (Fsp3) is 0.0667. The van der Waals surface area contributed by atoms with E-state index < -0.39 is 0 Å². The second kappa shape index (κ2) is 4.35. The molecule has 2 aromatic heterocycles. The van der Waals surface area contributed by atoms with Crippen molar-refractivity contribution in [1.82, 2.24) is 4.98 Å². The van der Waals surface area contributed by atoms with Gasteiger partial charge >= 0.3 is 0 Å². The van der Waals surface area contributed by atoms with Gasteiger partial charge in [0.1, 0.15) is 0 Å². The van der Waals surface area contributed by atoms with Crippen LogP contribution in [0.15, 0.2) is 48.8 Å². The lowest BCUT2D eigenvalue weighted by Crippen LogP contribution is -1.97. The van der Waals surface area contributed by atoms with Gasteiger partial charge in [-0.3, -0.25) is 9.78 Å². The Morgan fingerprint density at radius 2 is 1.94 bits per heavy atom. The fourth-order valence-electron chi connectivity index (χ4n) is 1.94. The predicted molar refractivity (Wildman–Crippen MR) is 74.2 cm³/mol. The van der Waals surface area contributed by atoms with Gasteiger partial charge < -0.3 is 0 Å². The largest absolute Gasteiger partial charge is 0.288 e. The van der Waals surface area contributed by atoms with Gasteiger partial charge in [-0.15, -0.1) is 11.3 Å². The Morgan fingerprint density at radius 1 is 1.17 bits per heavy atom. The summed E-state index contributed by atoms with van der Waals surface area (Å²) in [5, 5.41) is 1.12. The molecular weight excluding hydrogens is 242 g/mol. The minimum absolute atomic E-state index is 0.0798. The van der Waals surface area contributed by atoms with Crippen molar-refractivity contribution in [1.29, 1.82) is 0 Å². The zero-order valence-electron chi connectivity index (χ0n) is 9.88. The van der Waals surface area contributed by atoms with Gasteiger partial charge in [0.2, 0.25) is 5.78 Å². The van der Waals surface area contributed by atoms with Crippen LogP contribution < -0.4 is 0 Å². The molecule has 0 saturated carbocycles. The van der Waals surface area contributed by atoms with Gasteiger partial charge in [0.15, 0.2) is 0 Å². The molecule has 2 nitrogen and oxygen atoms in total. The van der Waals surface area contributed by atoms with Gasteiger partial charge in [-0.05, 0) is 23.9 Å². The number of aryl methyl sites for hydroxylation is 1. The van der Waals surface area contributed by atoms with Crippen molar-refractivity contribution in [2.45, 2.75) is 6.92 Å². The van der Waals surface area contributed by atoms with E-state index in [1.165, 1.54) is 11.3 Å². The third kappa shape index (κ3) is 1.83. The van der Waals surface area contributed by atoms with Crippen molar-refractivity contribution >= 4 is 27.2 Å².